The van der Waals surface area contributed by atoms with Crippen LogP contribution in [0.4, 0.5) is 10.5 Å². The Balaban J connectivity index is 2.29. The summed E-state index contributed by atoms with van der Waals surface area (Å²) in [5.41, 5.74) is 1.63. The minimum absolute atomic E-state index is 0.0683. The van der Waals surface area contributed by atoms with Gasteiger partial charge in [0.1, 0.15) is 0 Å². The number of aryl methyl sites for hydroxylation is 1. The van der Waals surface area contributed by atoms with Crippen molar-refractivity contribution in [3.05, 3.63) is 28.8 Å². The first-order valence-electron chi connectivity index (χ1n) is 6.04. The van der Waals surface area contributed by atoms with Crippen molar-refractivity contribution in [2.75, 3.05) is 18.4 Å². The standard InChI is InChI=1S/C13H18ClN3O2/c1-9-8-11(14)4-5-12(9)17-13(19)16-7-3-6-15-10(2)18/h4-5,8H,3,6-7H2,1-2H3,(H,15,18)(H2,16,17,19). The molecule has 0 spiro atoms. The van der Waals surface area contributed by atoms with E-state index >= 15 is 0 Å². The van der Waals surface area contributed by atoms with E-state index in [1.807, 2.05) is 6.92 Å². The number of carbonyl (C=O) groups excluding carboxylic acids is 2. The largest absolute Gasteiger partial charge is 0.356 e. The van der Waals surface area contributed by atoms with Crippen molar-refractivity contribution in [2.24, 2.45) is 0 Å². The molecular formula is C13H18ClN3O2. The fourth-order valence-electron chi connectivity index (χ4n) is 1.49. The minimum Gasteiger partial charge on any atom is -0.356 e. The van der Waals surface area contributed by atoms with Crippen LogP contribution in [0.2, 0.25) is 5.02 Å². The van der Waals surface area contributed by atoms with Gasteiger partial charge < -0.3 is 16.0 Å². The van der Waals surface area contributed by atoms with E-state index < -0.39 is 0 Å². The van der Waals surface area contributed by atoms with E-state index in [1.54, 1.807) is 18.2 Å². The van der Waals surface area contributed by atoms with Crippen LogP contribution in [0.5, 0.6) is 0 Å². The number of carbonyl (C=O) groups is 2. The predicted octanol–water partition coefficient (Wildman–Crippen LogP) is 2.30. The number of halogens is 1. The lowest BCUT2D eigenvalue weighted by Gasteiger charge is -2.10. The molecule has 0 aliphatic heterocycles. The molecule has 0 saturated heterocycles. The molecule has 0 radical (unpaired) electrons. The molecule has 1 aromatic carbocycles. The molecule has 6 heteroatoms. The quantitative estimate of drug-likeness (QED) is 0.726. The highest BCUT2D eigenvalue weighted by Gasteiger charge is 2.04. The van der Waals surface area contributed by atoms with E-state index in [9.17, 15) is 9.59 Å². The zero-order chi connectivity index (χ0) is 14.3. The van der Waals surface area contributed by atoms with Crippen molar-refractivity contribution < 1.29 is 9.59 Å². The third-order valence-corrected chi connectivity index (χ3v) is 2.68. The van der Waals surface area contributed by atoms with Crippen molar-refractivity contribution >= 4 is 29.2 Å². The number of anilines is 1. The van der Waals surface area contributed by atoms with E-state index in [-0.39, 0.29) is 11.9 Å². The zero-order valence-electron chi connectivity index (χ0n) is 11.0. The van der Waals surface area contributed by atoms with Crippen LogP contribution in [-0.4, -0.2) is 25.0 Å². The van der Waals surface area contributed by atoms with Crippen LogP contribution in [0.1, 0.15) is 18.9 Å². The molecule has 19 heavy (non-hydrogen) atoms. The Hall–Kier alpha value is -1.75. The summed E-state index contributed by atoms with van der Waals surface area (Å²) in [6.45, 7) is 4.38. The summed E-state index contributed by atoms with van der Waals surface area (Å²) in [5.74, 6) is -0.0683. The Labute approximate surface area is 117 Å². The lowest BCUT2D eigenvalue weighted by Crippen LogP contribution is -2.32. The van der Waals surface area contributed by atoms with Gasteiger partial charge in [-0.25, -0.2) is 4.79 Å². The van der Waals surface area contributed by atoms with E-state index in [2.05, 4.69) is 16.0 Å². The number of rotatable bonds is 5. The maximum atomic E-state index is 11.6. The number of nitrogens with one attached hydrogen (secondary N) is 3. The first-order valence-corrected chi connectivity index (χ1v) is 6.42. The maximum absolute atomic E-state index is 11.6. The SMILES string of the molecule is CC(=O)NCCCNC(=O)Nc1ccc(Cl)cc1C. The summed E-state index contributed by atoms with van der Waals surface area (Å²) in [7, 11) is 0. The summed E-state index contributed by atoms with van der Waals surface area (Å²) < 4.78 is 0. The number of hydrogen-bond acceptors (Lipinski definition) is 2. The molecule has 1 aromatic rings. The van der Waals surface area contributed by atoms with E-state index in [0.29, 0.717) is 24.5 Å². The molecule has 3 amide bonds. The van der Waals surface area contributed by atoms with E-state index in [0.717, 1.165) is 11.3 Å². The average Bonchev–Trinajstić information content (AvgIpc) is 2.32. The normalized spacial score (nSPS) is 9.84. The van der Waals surface area contributed by atoms with E-state index in [1.165, 1.54) is 6.92 Å². The fraction of sp³-hybridized carbons (Fsp3) is 0.385. The van der Waals surface area contributed by atoms with Gasteiger partial charge in [0.2, 0.25) is 5.91 Å². The van der Waals surface area contributed by atoms with Gasteiger partial charge in [-0.15, -0.1) is 0 Å². The maximum Gasteiger partial charge on any atom is 0.319 e. The van der Waals surface area contributed by atoms with Crippen molar-refractivity contribution in [2.45, 2.75) is 20.3 Å². The van der Waals surface area contributed by atoms with Crippen molar-refractivity contribution in [3.8, 4) is 0 Å². The van der Waals surface area contributed by atoms with Crippen LogP contribution in [0.25, 0.3) is 0 Å². The number of amides is 3. The summed E-state index contributed by atoms with van der Waals surface area (Å²) >= 11 is 5.83. The van der Waals surface area contributed by atoms with Gasteiger partial charge in [-0.3, -0.25) is 4.79 Å². The highest BCUT2D eigenvalue weighted by atomic mass is 35.5. The van der Waals surface area contributed by atoms with Gasteiger partial charge in [-0.2, -0.15) is 0 Å². The fourth-order valence-corrected chi connectivity index (χ4v) is 1.72. The molecule has 104 valence electrons. The first kappa shape index (κ1) is 15.3. The smallest absolute Gasteiger partial charge is 0.319 e. The molecule has 0 heterocycles. The van der Waals surface area contributed by atoms with Gasteiger partial charge in [0.25, 0.3) is 0 Å². The Morgan fingerprint density at radius 1 is 1.21 bits per heavy atom. The second-order valence-corrected chi connectivity index (χ2v) is 4.61. The Kier molecular flexibility index (Phi) is 6.15. The van der Waals surface area contributed by atoms with Crippen LogP contribution in [-0.2, 0) is 4.79 Å². The molecule has 0 bridgehead atoms. The molecule has 0 unspecified atom stereocenters. The van der Waals surface area contributed by atoms with Crippen LogP contribution in [0, 0.1) is 6.92 Å². The van der Waals surface area contributed by atoms with Crippen LogP contribution in [0.15, 0.2) is 18.2 Å². The molecule has 0 atom stereocenters. The molecule has 0 fully saturated rings. The second kappa shape index (κ2) is 7.63. The monoisotopic (exact) mass is 283 g/mol. The third kappa shape index (κ3) is 6.10. The Bertz CT molecular complexity index is 463. The van der Waals surface area contributed by atoms with Crippen LogP contribution in [0.3, 0.4) is 0 Å². The predicted molar refractivity (Wildman–Crippen MR) is 76.5 cm³/mol. The lowest BCUT2D eigenvalue weighted by molar-refractivity contribution is -0.118. The molecule has 0 aliphatic rings. The molecule has 0 saturated carbocycles. The van der Waals surface area contributed by atoms with Crippen LogP contribution < -0.4 is 16.0 Å². The van der Waals surface area contributed by atoms with Crippen LogP contribution >= 0.6 is 11.6 Å². The molecule has 5 nitrogen and oxygen atoms in total. The van der Waals surface area contributed by atoms with Crippen molar-refractivity contribution in [3.63, 3.8) is 0 Å². The lowest BCUT2D eigenvalue weighted by atomic mass is 10.2. The summed E-state index contributed by atoms with van der Waals surface area (Å²) in [6.07, 6.45) is 0.687. The van der Waals surface area contributed by atoms with Gasteiger partial charge in [0.05, 0.1) is 0 Å². The highest BCUT2D eigenvalue weighted by molar-refractivity contribution is 6.30. The van der Waals surface area contributed by atoms with Gasteiger partial charge in [-0.1, -0.05) is 11.6 Å². The van der Waals surface area contributed by atoms with Crippen molar-refractivity contribution in [1.29, 1.82) is 0 Å². The minimum atomic E-state index is -0.270. The summed E-state index contributed by atoms with van der Waals surface area (Å²) in [5, 5.41) is 8.75. The van der Waals surface area contributed by atoms with Crippen molar-refractivity contribution in [1.82, 2.24) is 10.6 Å². The van der Waals surface area contributed by atoms with Gasteiger partial charge in [-0.05, 0) is 37.1 Å². The Morgan fingerprint density at radius 3 is 2.53 bits per heavy atom. The average molecular weight is 284 g/mol. The zero-order valence-corrected chi connectivity index (χ0v) is 11.8. The third-order valence-electron chi connectivity index (χ3n) is 2.45. The van der Waals surface area contributed by atoms with Gasteiger partial charge >= 0.3 is 6.03 Å². The number of urea groups is 1. The van der Waals surface area contributed by atoms with Gasteiger partial charge in [0, 0.05) is 30.7 Å². The Morgan fingerprint density at radius 2 is 1.89 bits per heavy atom. The number of hydrogen-bond donors (Lipinski definition) is 3. The molecule has 1 rings (SSSR count). The highest BCUT2D eigenvalue weighted by Crippen LogP contribution is 2.19. The number of benzene rings is 1. The van der Waals surface area contributed by atoms with E-state index in [4.69, 9.17) is 11.6 Å². The van der Waals surface area contributed by atoms with Gasteiger partial charge in [0.15, 0.2) is 0 Å². The summed E-state index contributed by atoms with van der Waals surface area (Å²) in [4.78, 5) is 22.2. The summed E-state index contributed by atoms with van der Waals surface area (Å²) in [6, 6.07) is 5.00. The second-order valence-electron chi connectivity index (χ2n) is 4.18. The molecular weight excluding hydrogens is 266 g/mol. The molecule has 3 N–H and O–H groups in total. The first-order chi connectivity index (χ1) is 8.99. The molecule has 0 aliphatic carbocycles. The topological polar surface area (TPSA) is 70.2 Å². The molecule has 0 aromatic heterocycles.